The molecule has 160 valence electrons. The Bertz CT molecular complexity index is 1330. The summed E-state index contributed by atoms with van der Waals surface area (Å²) < 4.78 is 6.72. The van der Waals surface area contributed by atoms with Gasteiger partial charge in [0.25, 0.3) is 5.56 Å². The second kappa shape index (κ2) is 8.07. The number of benzene rings is 2. The number of fused-ring (bicyclic) bond motifs is 3. The van der Waals surface area contributed by atoms with Crippen molar-refractivity contribution in [3.05, 3.63) is 88.8 Å². The van der Waals surface area contributed by atoms with Gasteiger partial charge in [0.1, 0.15) is 11.6 Å². The number of aromatic amines is 1. The lowest BCUT2D eigenvalue weighted by Crippen LogP contribution is -2.37. The summed E-state index contributed by atoms with van der Waals surface area (Å²) in [6.07, 6.45) is 2.04. The van der Waals surface area contributed by atoms with Crippen LogP contribution in [0.5, 0.6) is 5.75 Å². The second-order valence-corrected chi connectivity index (χ2v) is 7.38. The number of pyridine rings is 1. The summed E-state index contributed by atoms with van der Waals surface area (Å²) in [4.78, 5) is 32.4. The maximum atomic E-state index is 13.3. The summed E-state index contributed by atoms with van der Waals surface area (Å²) in [7, 11) is 1.60. The van der Waals surface area contributed by atoms with E-state index in [-0.39, 0.29) is 11.6 Å². The highest BCUT2D eigenvalue weighted by molar-refractivity contribution is 6.03. The van der Waals surface area contributed by atoms with Crippen LogP contribution in [0, 0.1) is 0 Å². The van der Waals surface area contributed by atoms with E-state index in [1.54, 1.807) is 36.4 Å². The minimum Gasteiger partial charge on any atom is -0.497 e. The first kappa shape index (κ1) is 19.6. The average molecular weight is 427 g/mol. The van der Waals surface area contributed by atoms with Crippen LogP contribution in [0.2, 0.25) is 0 Å². The summed E-state index contributed by atoms with van der Waals surface area (Å²) in [5.41, 5.74) is 3.24. The Kier molecular flexibility index (Phi) is 4.95. The van der Waals surface area contributed by atoms with Crippen molar-refractivity contribution < 1.29 is 9.53 Å². The van der Waals surface area contributed by atoms with E-state index in [1.165, 1.54) is 4.68 Å². The van der Waals surface area contributed by atoms with Crippen molar-refractivity contribution in [3.63, 3.8) is 0 Å². The zero-order chi connectivity index (χ0) is 22.1. The Labute approximate surface area is 184 Å². The van der Waals surface area contributed by atoms with Gasteiger partial charge < -0.3 is 10.1 Å². The topological polar surface area (TPSA) is 92.2 Å². The fourth-order valence-electron chi connectivity index (χ4n) is 3.89. The third-order valence-corrected chi connectivity index (χ3v) is 5.48. The molecule has 2 aromatic carbocycles. The van der Waals surface area contributed by atoms with E-state index in [1.807, 2.05) is 48.5 Å². The number of H-pyrrole nitrogens is 1. The molecule has 0 spiro atoms. The molecule has 2 N–H and O–H groups in total. The summed E-state index contributed by atoms with van der Waals surface area (Å²) in [6.45, 7) is 0.325. The Morgan fingerprint density at radius 2 is 1.84 bits per heavy atom. The predicted octanol–water partition coefficient (Wildman–Crippen LogP) is 3.83. The molecule has 0 atom stereocenters. The van der Waals surface area contributed by atoms with Gasteiger partial charge in [-0.3, -0.25) is 14.8 Å². The highest BCUT2D eigenvalue weighted by Gasteiger charge is 2.29. The highest BCUT2D eigenvalue weighted by Crippen LogP contribution is 2.33. The zero-order valence-electron chi connectivity index (χ0n) is 17.4. The van der Waals surface area contributed by atoms with Gasteiger partial charge in [-0.1, -0.05) is 18.2 Å². The quantitative estimate of drug-likeness (QED) is 0.520. The largest absolute Gasteiger partial charge is 0.497 e. The number of para-hydroxylation sites is 1. The molecule has 0 saturated heterocycles. The second-order valence-electron chi connectivity index (χ2n) is 7.38. The van der Waals surface area contributed by atoms with Crippen molar-refractivity contribution in [3.8, 4) is 22.7 Å². The van der Waals surface area contributed by atoms with Gasteiger partial charge in [-0.05, 0) is 55.0 Å². The number of hydrogen-bond donors (Lipinski definition) is 2. The molecule has 8 heteroatoms. The number of carbonyl (C=O) groups excluding carboxylic acids is 1. The predicted molar refractivity (Wildman–Crippen MR) is 123 cm³/mol. The fourth-order valence-corrected chi connectivity index (χ4v) is 3.89. The number of hydrogen-bond acceptors (Lipinski definition) is 4. The maximum absolute atomic E-state index is 13.3. The number of carbonyl (C=O) groups is 1. The maximum Gasteiger partial charge on any atom is 0.327 e. The lowest BCUT2D eigenvalue weighted by Gasteiger charge is -2.22. The van der Waals surface area contributed by atoms with E-state index >= 15 is 0 Å². The third kappa shape index (κ3) is 3.41. The molecule has 5 rings (SSSR count). The SMILES string of the molecule is COc1ccc(-n2[nH]c3c(c2=O)CCN(C(=O)Nc2ccccc2)c2ncccc2-3)cc1. The average Bonchev–Trinajstić information content (AvgIpc) is 3.06. The van der Waals surface area contributed by atoms with E-state index in [0.29, 0.717) is 52.7 Å². The van der Waals surface area contributed by atoms with Crippen LogP contribution in [0.1, 0.15) is 5.56 Å². The molecule has 4 aromatic rings. The Hall–Kier alpha value is -4.33. The van der Waals surface area contributed by atoms with Gasteiger partial charge in [0, 0.05) is 29.6 Å². The van der Waals surface area contributed by atoms with Crippen LogP contribution < -0.4 is 20.5 Å². The number of methoxy groups -OCH3 is 1. The van der Waals surface area contributed by atoms with Gasteiger partial charge in [-0.2, -0.15) is 0 Å². The first-order chi connectivity index (χ1) is 15.7. The molecule has 0 fully saturated rings. The number of aromatic nitrogens is 3. The Balaban J connectivity index is 1.54. The standard InChI is InChI=1S/C24H21N5O3/c1-32-18-11-9-17(10-12-18)29-23(30)20-13-15-28(24(31)26-16-6-3-2-4-7-16)22-19(21(20)27-29)8-5-14-25-22/h2-12,14,27H,13,15H2,1H3,(H,26,31). The molecule has 0 radical (unpaired) electrons. The minimum atomic E-state index is -0.295. The van der Waals surface area contributed by atoms with Crippen molar-refractivity contribution in [2.75, 3.05) is 23.9 Å². The molecule has 2 amide bonds. The number of nitrogens with zero attached hydrogens (tertiary/aromatic N) is 3. The van der Waals surface area contributed by atoms with Crippen LogP contribution >= 0.6 is 0 Å². The van der Waals surface area contributed by atoms with Crippen molar-refractivity contribution in [1.82, 2.24) is 14.8 Å². The van der Waals surface area contributed by atoms with Crippen LogP contribution in [-0.4, -0.2) is 34.5 Å². The molecule has 0 unspecified atom stereocenters. The molecule has 3 heterocycles. The van der Waals surface area contributed by atoms with Crippen LogP contribution in [0.3, 0.4) is 0 Å². The van der Waals surface area contributed by atoms with Crippen LogP contribution in [0.4, 0.5) is 16.3 Å². The molecule has 0 bridgehead atoms. The summed E-state index contributed by atoms with van der Waals surface area (Å²) in [6, 6.07) is 19.9. The lowest BCUT2D eigenvalue weighted by molar-refractivity contribution is 0.257. The van der Waals surface area contributed by atoms with Crippen LogP contribution in [0.25, 0.3) is 16.9 Å². The van der Waals surface area contributed by atoms with Gasteiger partial charge in [0.2, 0.25) is 0 Å². The first-order valence-electron chi connectivity index (χ1n) is 10.2. The van der Waals surface area contributed by atoms with Gasteiger partial charge in [-0.15, -0.1) is 0 Å². The zero-order valence-corrected chi connectivity index (χ0v) is 17.4. The summed E-state index contributed by atoms with van der Waals surface area (Å²) in [5, 5.41) is 6.13. The number of ether oxygens (including phenoxy) is 1. The molecular weight excluding hydrogens is 406 g/mol. The van der Waals surface area contributed by atoms with Gasteiger partial charge in [-0.25, -0.2) is 14.5 Å². The van der Waals surface area contributed by atoms with E-state index in [4.69, 9.17) is 4.74 Å². The lowest BCUT2D eigenvalue weighted by atomic mass is 10.1. The normalized spacial score (nSPS) is 12.5. The molecule has 2 aromatic heterocycles. The van der Waals surface area contributed by atoms with Gasteiger partial charge in [0.15, 0.2) is 0 Å². The van der Waals surface area contributed by atoms with E-state index < -0.39 is 0 Å². The monoisotopic (exact) mass is 427 g/mol. The number of urea groups is 1. The molecule has 32 heavy (non-hydrogen) atoms. The van der Waals surface area contributed by atoms with E-state index in [2.05, 4.69) is 15.4 Å². The number of anilines is 2. The van der Waals surface area contributed by atoms with Crippen molar-refractivity contribution >= 4 is 17.5 Å². The number of nitrogens with one attached hydrogen (secondary N) is 2. The minimum absolute atomic E-state index is 0.148. The first-order valence-corrected chi connectivity index (χ1v) is 10.2. The van der Waals surface area contributed by atoms with Crippen molar-refractivity contribution in [1.29, 1.82) is 0 Å². The molecule has 1 aliphatic heterocycles. The highest BCUT2D eigenvalue weighted by atomic mass is 16.5. The van der Waals surface area contributed by atoms with E-state index in [9.17, 15) is 9.59 Å². The smallest absolute Gasteiger partial charge is 0.327 e. The molecule has 0 saturated carbocycles. The molecular formula is C24H21N5O3. The summed E-state index contributed by atoms with van der Waals surface area (Å²) >= 11 is 0. The van der Waals surface area contributed by atoms with Crippen LogP contribution in [0.15, 0.2) is 77.7 Å². The molecule has 8 nitrogen and oxygen atoms in total. The van der Waals surface area contributed by atoms with Gasteiger partial charge in [0.05, 0.1) is 18.5 Å². The molecule has 1 aliphatic rings. The number of amides is 2. The van der Waals surface area contributed by atoms with Crippen molar-refractivity contribution in [2.24, 2.45) is 0 Å². The van der Waals surface area contributed by atoms with Crippen LogP contribution in [-0.2, 0) is 6.42 Å². The van der Waals surface area contributed by atoms with E-state index in [0.717, 1.165) is 0 Å². The Morgan fingerprint density at radius 1 is 1.06 bits per heavy atom. The summed E-state index contributed by atoms with van der Waals surface area (Å²) in [5.74, 6) is 1.22. The molecule has 0 aliphatic carbocycles. The fraction of sp³-hybridized carbons (Fsp3) is 0.125. The van der Waals surface area contributed by atoms with Gasteiger partial charge >= 0.3 is 6.03 Å². The van der Waals surface area contributed by atoms with Crippen molar-refractivity contribution in [2.45, 2.75) is 6.42 Å². The third-order valence-electron chi connectivity index (χ3n) is 5.48. The number of rotatable bonds is 3. The Morgan fingerprint density at radius 3 is 2.59 bits per heavy atom.